The molecule has 1 aromatic carbocycles. The fourth-order valence-electron chi connectivity index (χ4n) is 4.47. The Kier molecular flexibility index (Phi) is 4.97. The molecule has 116 valence electrons. The van der Waals surface area contributed by atoms with Gasteiger partial charge in [-0.15, -0.1) is 0 Å². The molecule has 1 saturated heterocycles. The number of nitrogens with zero attached hydrogens (tertiary/aromatic N) is 1. The number of hydrogen-bond donors (Lipinski definition) is 1. The van der Waals surface area contributed by atoms with E-state index in [0.29, 0.717) is 12.1 Å². The highest BCUT2D eigenvalue weighted by Gasteiger charge is 2.34. The zero-order valence-corrected chi connectivity index (χ0v) is 13.6. The summed E-state index contributed by atoms with van der Waals surface area (Å²) in [6.07, 6.45) is 8.14. The number of aryl methyl sites for hydroxylation is 1. The van der Waals surface area contributed by atoms with Gasteiger partial charge in [0.2, 0.25) is 0 Å². The van der Waals surface area contributed by atoms with Crippen molar-refractivity contribution in [1.82, 2.24) is 10.2 Å². The first-order chi connectivity index (χ1) is 10.3. The molecule has 1 heterocycles. The lowest BCUT2D eigenvalue weighted by molar-refractivity contribution is 0.0948. The van der Waals surface area contributed by atoms with E-state index in [0.717, 1.165) is 5.92 Å². The summed E-state index contributed by atoms with van der Waals surface area (Å²) in [6, 6.07) is 10.2. The number of hydrogen-bond acceptors (Lipinski definition) is 2. The van der Waals surface area contributed by atoms with Crippen molar-refractivity contribution in [2.75, 3.05) is 20.1 Å². The summed E-state index contributed by atoms with van der Waals surface area (Å²) < 4.78 is 0. The van der Waals surface area contributed by atoms with Crippen LogP contribution in [0.5, 0.6) is 0 Å². The predicted molar refractivity (Wildman–Crippen MR) is 89.6 cm³/mol. The summed E-state index contributed by atoms with van der Waals surface area (Å²) in [7, 11) is 2.13. The smallest absolute Gasteiger partial charge is 0.0478 e. The van der Waals surface area contributed by atoms with Crippen molar-refractivity contribution < 1.29 is 0 Å². The van der Waals surface area contributed by atoms with Gasteiger partial charge in [0.15, 0.2) is 0 Å². The number of fused-ring (bicyclic) bond motifs is 1. The summed E-state index contributed by atoms with van der Waals surface area (Å²) in [6.45, 7) is 4.92. The van der Waals surface area contributed by atoms with Crippen molar-refractivity contribution in [1.29, 1.82) is 0 Å². The van der Waals surface area contributed by atoms with E-state index in [4.69, 9.17) is 0 Å². The van der Waals surface area contributed by atoms with E-state index in [1.54, 1.807) is 5.56 Å². The maximum Gasteiger partial charge on any atom is 0.0478 e. The first kappa shape index (κ1) is 15.1. The Bertz CT molecular complexity index is 449. The molecular formula is C19H30N2. The number of likely N-dealkylation sites (N-methyl/N-ethyl adjacent to an activating group) is 1. The highest BCUT2D eigenvalue weighted by molar-refractivity contribution is 5.34. The molecule has 1 fully saturated rings. The van der Waals surface area contributed by atoms with E-state index in [1.165, 1.54) is 57.2 Å². The third-order valence-electron chi connectivity index (χ3n) is 5.61. The molecule has 1 N–H and O–H groups in total. The van der Waals surface area contributed by atoms with Gasteiger partial charge in [-0.1, -0.05) is 44.0 Å². The molecule has 0 bridgehead atoms. The van der Waals surface area contributed by atoms with Crippen LogP contribution in [0.2, 0.25) is 0 Å². The predicted octanol–water partition coefficient (Wildman–Crippen LogP) is 3.77. The Hall–Kier alpha value is -0.860. The largest absolute Gasteiger partial charge is 0.312 e. The van der Waals surface area contributed by atoms with Crippen LogP contribution < -0.4 is 5.32 Å². The number of benzene rings is 1. The van der Waals surface area contributed by atoms with E-state index in [9.17, 15) is 0 Å². The Morgan fingerprint density at radius 2 is 1.90 bits per heavy atom. The maximum absolute atomic E-state index is 3.60. The third kappa shape index (κ3) is 3.17. The van der Waals surface area contributed by atoms with Crippen LogP contribution in [-0.4, -0.2) is 31.1 Å². The van der Waals surface area contributed by atoms with Gasteiger partial charge in [-0.05, 0) is 62.9 Å². The normalized spacial score (nSPS) is 27.5. The summed E-state index contributed by atoms with van der Waals surface area (Å²) >= 11 is 0. The quantitative estimate of drug-likeness (QED) is 0.906. The van der Waals surface area contributed by atoms with Gasteiger partial charge in [0.05, 0.1) is 0 Å². The molecule has 0 saturated carbocycles. The first-order valence-electron chi connectivity index (χ1n) is 8.82. The lowest BCUT2D eigenvalue weighted by atomic mass is 9.82. The molecule has 2 heteroatoms. The minimum absolute atomic E-state index is 0.512. The Morgan fingerprint density at radius 1 is 1.14 bits per heavy atom. The second kappa shape index (κ2) is 6.93. The number of piperidine rings is 1. The lowest BCUT2D eigenvalue weighted by Crippen LogP contribution is -2.49. The highest BCUT2D eigenvalue weighted by atomic mass is 15.2. The third-order valence-corrected chi connectivity index (χ3v) is 5.61. The summed E-state index contributed by atoms with van der Waals surface area (Å²) in [5, 5.41) is 3.60. The minimum Gasteiger partial charge on any atom is -0.312 e. The van der Waals surface area contributed by atoms with Crippen molar-refractivity contribution in [3.8, 4) is 0 Å². The van der Waals surface area contributed by atoms with Crippen LogP contribution in [0.4, 0.5) is 0 Å². The number of nitrogens with one attached hydrogen (secondary N) is 1. The summed E-state index contributed by atoms with van der Waals surface area (Å²) in [5.41, 5.74) is 3.08. The molecule has 2 aliphatic rings. The van der Waals surface area contributed by atoms with Gasteiger partial charge in [0, 0.05) is 12.1 Å². The van der Waals surface area contributed by atoms with Gasteiger partial charge in [0.25, 0.3) is 0 Å². The first-order valence-corrected chi connectivity index (χ1v) is 8.82. The molecule has 0 spiro atoms. The van der Waals surface area contributed by atoms with E-state index in [2.05, 4.69) is 48.5 Å². The molecule has 0 radical (unpaired) electrons. The molecular weight excluding hydrogens is 256 g/mol. The molecule has 2 nitrogen and oxygen atoms in total. The van der Waals surface area contributed by atoms with Crippen LogP contribution in [-0.2, 0) is 6.42 Å². The molecule has 3 rings (SSSR count). The van der Waals surface area contributed by atoms with Crippen LogP contribution in [0.1, 0.15) is 56.2 Å². The fourth-order valence-corrected chi connectivity index (χ4v) is 4.47. The second-order valence-corrected chi connectivity index (χ2v) is 6.84. The van der Waals surface area contributed by atoms with Crippen molar-refractivity contribution in [2.24, 2.45) is 5.92 Å². The van der Waals surface area contributed by atoms with E-state index < -0.39 is 0 Å². The molecule has 1 aliphatic heterocycles. The van der Waals surface area contributed by atoms with E-state index in [1.807, 2.05) is 0 Å². The SMILES string of the molecule is CCCC1CCN(C2CCc3ccccc3C2NC)CC1. The average Bonchev–Trinajstić information content (AvgIpc) is 2.55. The monoisotopic (exact) mass is 286 g/mol. The molecule has 0 aromatic heterocycles. The average molecular weight is 286 g/mol. The van der Waals surface area contributed by atoms with Crippen LogP contribution in [0.25, 0.3) is 0 Å². The zero-order chi connectivity index (χ0) is 14.7. The molecule has 1 aliphatic carbocycles. The second-order valence-electron chi connectivity index (χ2n) is 6.84. The van der Waals surface area contributed by atoms with E-state index in [-0.39, 0.29) is 0 Å². The van der Waals surface area contributed by atoms with Crippen molar-refractivity contribution in [2.45, 2.75) is 57.5 Å². The van der Waals surface area contributed by atoms with Gasteiger partial charge >= 0.3 is 0 Å². The maximum atomic E-state index is 3.60. The Morgan fingerprint density at radius 3 is 2.62 bits per heavy atom. The van der Waals surface area contributed by atoms with Crippen LogP contribution in [0.15, 0.2) is 24.3 Å². The minimum atomic E-state index is 0.512. The zero-order valence-electron chi connectivity index (χ0n) is 13.6. The van der Waals surface area contributed by atoms with E-state index >= 15 is 0 Å². The highest BCUT2D eigenvalue weighted by Crippen LogP contribution is 2.35. The van der Waals surface area contributed by atoms with Crippen molar-refractivity contribution >= 4 is 0 Å². The fraction of sp³-hybridized carbons (Fsp3) is 0.684. The molecule has 2 unspecified atom stereocenters. The summed E-state index contributed by atoms with van der Waals surface area (Å²) in [5.74, 6) is 0.982. The van der Waals surface area contributed by atoms with Crippen molar-refractivity contribution in [3.05, 3.63) is 35.4 Å². The van der Waals surface area contributed by atoms with Crippen LogP contribution in [0.3, 0.4) is 0 Å². The number of rotatable bonds is 4. The standard InChI is InChI=1S/C19H30N2/c1-3-6-15-11-13-21(14-12-15)18-10-9-16-7-4-5-8-17(16)19(18)20-2/h4-5,7-8,15,18-20H,3,6,9-14H2,1-2H3. The van der Waals surface area contributed by atoms with Gasteiger partial charge in [-0.25, -0.2) is 0 Å². The number of likely N-dealkylation sites (tertiary alicyclic amines) is 1. The molecule has 0 amide bonds. The van der Waals surface area contributed by atoms with Crippen molar-refractivity contribution in [3.63, 3.8) is 0 Å². The van der Waals surface area contributed by atoms with Gasteiger partial charge in [-0.3, -0.25) is 4.90 Å². The van der Waals surface area contributed by atoms with Crippen LogP contribution in [0, 0.1) is 5.92 Å². The molecule has 1 aromatic rings. The molecule has 2 atom stereocenters. The topological polar surface area (TPSA) is 15.3 Å². The summed E-state index contributed by atoms with van der Waals surface area (Å²) in [4.78, 5) is 2.77. The Labute approximate surface area is 129 Å². The van der Waals surface area contributed by atoms with Gasteiger partial charge < -0.3 is 5.32 Å². The van der Waals surface area contributed by atoms with Gasteiger partial charge in [-0.2, -0.15) is 0 Å². The molecule has 21 heavy (non-hydrogen) atoms. The van der Waals surface area contributed by atoms with Crippen LogP contribution >= 0.6 is 0 Å². The van der Waals surface area contributed by atoms with Gasteiger partial charge in [0.1, 0.15) is 0 Å². The Balaban J connectivity index is 1.69. The lowest BCUT2D eigenvalue weighted by Gasteiger charge is -2.44.